The van der Waals surface area contributed by atoms with Gasteiger partial charge in [-0.05, 0) is 24.1 Å². The molecule has 0 aliphatic heterocycles. The second-order valence-corrected chi connectivity index (χ2v) is 6.53. The number of hydrogen-bond donors (Lipinski definition) is 0. The highest BCUT2D eigenvalue weighted by atomic mass is 16.5. The molecule has 2 heterocycles. The molecule has 0 aliphatic carbocycles. The maximum absolute atomic E-state index is 12.9. The summed E-state index contributed by atoms with van der Waals surface area (Å²) < 4.78 is 18.5. The third-order valence-corrected chi connectivity index (χ3v) is 4.71. The lowest BCUT2D eigenvalue weighted by Gasteiger charge is -2.09. The van der Waals surface area contributed by atoms with Gasteiger partial charge in [0.15, 0.2) is 28.5 Å². The number of aromatic nitrogens is 4. The van der Waals surface area contributed by atoms with Crippen LogP contribution in [0.1, 0.15) is 11.4 Å². The van der Waals surface area contributed by atoms with Crippen molar-refractivity contribution in [3.05, 3.63) is 50.4 Å². The molecule has 164 valence electrons. The zero-order valence-electron chi connectivity index (χ0n) is 18.0. The number of carbonyl (C=O) groups is 1. The highest BCUT2D eigenvalue weighted by Gasteiger charge is 2.20. The highest BCUT2D eigenvalue weighted by molar-refractivity contribution is 5.75. The van der Waals surface area contributed by atoms with Gasteiger partial charge in [-0.25, -0.2) is 14.3 Å². The van der Waals surface area contributed by atoms with E-state index < -0.39 is 23.8 Å². The SMILES string of the molecule is C#CCn1c(=O)c2c(nc(C#Cc3ccc(OC)c(OC)c3)n2C)n(CC(=O)OC)c1=O. The molecule has 0 radical (unpaired) electrons. The first-order valence-electron chi connectivity index (χ1n) is 9.30. The maximum Gasteiger partial charge on any atom is 0.334 e. The molecule has 3 rings (SSSR count). The van der Waals surface area contributed by atoms with E-state index in [0.717, 1.165) is 9.13 Å². The number of terminal acetylenes is 1. The van der Waals surface area contributed by atoms with Crippen LogP contribution in [0.3, 0.4) is 0 Å². The van der Waals surface area contributed by atoms with Gasteiger partial charge < -0.3 is 18.8 Å². The number of methoxy groups -OCH3 is 3. The Morgan fingerprint density at radius 2 is 1.81 bits per heavy atom. The van der Waals surface area contributed by atoms with Gasteiger partial charge in [0, 0.05) is 12.6 Å². The van der Waals surface area contributed by atoms with Crippen molar-refractivity contribution in [3.63, 3.8) is 0 Å². The molecule has 0 saturated carbocycles. The van der Waals surface area contributed by atoms with E-state index in [0.29, 0.717) is 17.1 Å². The molecular formula is C22H20N4O6. The minimum absolute atomic E-state index is 0.0118. The van der Waals surface area contributed by atoms with Gasteiger partial charge >= 0.3 is 11.7 Å². The lowest BCUT2D eigenvalue weighted by molar-refractivity contribution is -0.141. The van der Waals surface area contributed by atoms with Crippen molar-refractivity contribution >= 4 is 17.1 Å². The number of imidazole rings is 1. The molecule has 0 unspecified atom stereocenters. The Morgan fingerprint density at radius 1 is 1.09 bits per heavy atom. The van der Waals surface area contributed by atoms with Crippen LogP contribution in [0.2, 0.25) is 0 Å². The third kappa shape index (κ3) is 3.94. The number of rotatable bonds is 5. The highest BCUT2D eigenvalue weighted by Crippen LogP contribution is 2.27. The number of benzene rings is 1. The Kier molecular flexibility index (Phi) is 6.36. The van der Waals surface area contributed by atoms with Crippen molar-refractivity contribution in [2.75, 3.05) is 21.3 Å². The third-order valence-electron chi connectivity index (χ3n) is 4.71. The summed E-state index contributed by atoms with van der Waals surface area (Å²) in [6, 6.07) is 5.15. The second-order valence-electron chi connectivity index (χ2n) is 6.53. The van der Waals surface area contributed by atoms with Crippen LogP contribution in [-0.2, 0) is 29.7 Å². The number of aryl methyl sites for hydroxylation is 1. The summed E-state index contributed by atoms with van der Waals surface area (Å²) in [6.45, 7) is -0.692. The monoisotopic (exact) mass is 436 g/mol. The van der Waals surface area contributed by atoms with Crippen LogP contribution in [0.25, 0.3) is 11.2 Å². The van der Waals surface area contributed by atoms with Gasteiger partial charge in [0.2, 0.25) is 0 Å². The first-order chi connectivity index (χ1) is 15.4. The smallest absolute Gasteiger partial charge is 0.334 e. The Hall–Kier alpha value is -4.44. The average molecular weight is 436 g/mol. The summed E-state index contributed by atoms with van der Waals surface area (Å²) >= 11 is 0. The fraction of sp³-hybridized carbons (Fsp3) is 0.273. The molecule has 10 nitrogen and oxygen atoms in total. The lowest BCUT2D eigenvalue weighted by Crippen LogP contribution is -2.41. The Labute approximate surface area is 183 Å². The molecule has 1 aromatic carbocycles. The van der Waals surface area contributed by atoms with Crippen LogP contribution in [-0.4, -0.2) is 46.0 Å². The molecule has 10 heteroatoms. The molecule has 0 fully saturated rings. The van der Waals surface area contributed by atoms with Crippen molar-refractivity contribution in [1.29, 1.82) is 0 Å². The molecule has 32 heavy (non-hydrogen) atoms. The van der Waals surface area contributed by atoms with Crippen LogP contribution >= 0.6 is 0 Å². The fourth-order valence-corrected chi connectivity index (χ4v) is 3.08. The van der Waals surface area contributed by atoms with E-state index in [1.165, 1.54) is 25.9 Å². The van der Waals surface area contributed by atoms with E-state index >= 15 is 0 Å². The standard InChI is InChI=1S/C22H20N4O6/c1-6-11-25-21(28)19-20(26(22(25)29)13-18(27)32-5)23-17(24(19)2)10-8-14-7-9-15(30-3)16(12-14)31-4/h1,7,9,12H,11,13H2,2-5H3. The van der Waals surface area contributed by atoms with E-state index in [1.807, 2.05) is 0 Å². The number of fused-ring (bicyclic) bond motifs is 1. The summed E-state index contributed by atoms with van der Waals surface area (Å²) in [6.07, 6.45) is 5.31. The van der Waals surface area contributed by atoms with Gasteiger partial charge in [-0.3, -0.25) is 14.2 Å². The second kappa shape index (κ2) is 9.14. The molecule has 0 amide bonds. The summed E-state index contributed by atoms with van der Waals surface area (Å²) in [4.78, 5) is 41.9. The van der Waals surface area contributed by atoms with E-state index in [-0.39, 0.29) is 23.5 Å². The summed E-state index contributed by atoms with van der Waals surface area (Å²) in [5.74, 6) is 8.70. The van der Waals surface area contributed by atoms with E-state index in [9.17, 15) is 14.4 Å². The van der Waals surface area contributed by atoms with Crippen LogP contribution in [0, 0.1) is 24.2 Å². The van der Waals surface area contributed by atoms with Gasteiger partial charge in [0.25, 0.3) is 5.56 Å². The van der Waals surface area contributed by atoms with Crippen LogP contribution < -0.4 is 20.7 Å². The first kappa shape index (κ1) is 22.2. The van der Waals surface area contributed by atoms with E-state index in [2.05, 4.69) is 27.5 Å². The average Bonchev–Trinajstić information content (AvgIpc) is 3.13. The van der Waals surface area contributed by atoms with Gasteiger partial charge in [0.05, 0.1) is 27.9 Å². The molecule has 0 N–H and O–H groups in total. The molecule has 2 aromatic heterocycles. The van der Waals surface area contributed by atoms with Gasteiger partial charge in [-0.1, -0.05) is 11.8 Å². The quantitative estimate of drug-likeness (QED) is 0.413. The van der Waals surface area contributed by atoms with Crippen molar-refractivity contribution in [3.8, 4) is 35.7 Å². The minimum atomic E-state index is -0.761. The molecule has 0 spiro atoms. The number of carbonyl (C=O) groups excluding carboxylic acids is 1. The molecule has 0 bridgehead atoms. The predicted octanol–water partition coefficient (Wildman–Crippen LogP) is 0.120. The van der Waals surface area contributed by atoms with Crippen molar-refractivity contribution in [2.24, 2.45) is 7.05 Å². The Morgan fingerprint density at radius 3 is 2.44 bits per heavy atom. The zero-order valence-corrected chi connectivity index (χ0v) is 18.0. The van der Waals surface area contributed by atoms with Crippen LogP contribution in [0.5, 0.6) is 11.5 Å². The minimum Gasteiger partial charge on any atom is -0.493 e. The molecule has 0 saturated heterocycles. The molecule has 0 atom stereocenters. The van der Waals surface area contributed by atoms with Crippen molar-refractivity contribution < 1.29 is 19.0 Å². The van der Waals surface area contributed by atoms with Gasteiger partial charge in [-0.15, -0.1) is 6.42 Å². The first-order valence-corrected chi connectivity index (χ1v) is 9.30. The van der Waals surface area contributed by atoms with Crippen LogP contribution in [0.15, 0.2) is 27.8 Å². The zero-order chi connectivity index (χ0) is 23.4. The van der Waals surface area contributed by atoms with Crippen LogP contribution in [0.4, 0.5) is 0 Å². The van der Waals surface area contributed by atoms with Gasteiger partial charge in [-0.2, -0.15) is 0 Å². The summed E-state index contributed by atoms with van der Waals surface area (Å²) in [5, 5.41) is 0. The van der Waals surface area contributed by atoms with E-state index in [1.54, 1.807) is 25.2 Å². The Bertz CT molecular complexity index is 1430. The maximum atomic E-state index is 12.9. The van der Waals surface area contributed by atoms with E-state index in [4.69, 9.17) is 15.9 Å². The summed E-state index contributed by atoms with van der Waals surface area (Å²) in [7, 11) is 5.83. The largest absolute Gasteiger partial charge is 0.493 e. The Balaban J connectivity index is 2.22. The number of nitrogens with zero attached hydrogens (tertiary/aromatic N) is 4. The topological polar surface area (TPSA) is 107 Å². The van der Waals surface area contributed by atoms with Crippen molar-refractivity contribution in [2.45, 2.75) is 13.1 Å². The number of ether oxygens (including phenoxy) is 3. The summed E-state index contributed by atoms with van der Waals surface area (Å²) in [5.41, 5.74) is -0.675. The number of esters is 1. The van der Waals surface area contributed by atoms with Crippen molar-refractivity contribution in [1.82, 2.24) is 18.7 Å². The fourth-order valence-electron chi connectivity index (χ4n) is 3.08. The lowest BCUT2D eigenvalue weighted by atomic mass is 10.2. The predicted molar refractivity (Wildman–Crippen MR) is 116 cm³/mol. The number of hydrogen-bond acceptors (Lipinski definition) is 7. The molecule has 3 aromatic rings. The molecular weight excluding hydrogens is 416 g/mol. The molecule has 0 aliphatic rings. The van der Waals surface area contributed by atoms with Gasteiger partial charge in [0.1, 0.15) is 6.54 Å². The normalized spacial score (nSPS) is 10.2.